The van der Waals surface area contributed by atoms with E-state index in [4.69, 9.17) is 17.7 Å². The molecule has 0 aliphatic carbocycles. The zero-order valence-corrected chi connectivity index (χ0v) is 15.1. The Morgan fingerprint density at radius 1 is 0.762 bits per heavy atom. The molecule has 2 fully saturated rings. The summed E-state index contributed by atoms with van der Waals surface area (Å²) in [7, 11) is -2.89. The fraction of sp³-hybridized carbons (Fsp3) is 1.00. The second kappa shape index (κ2) is 8.06. The highest BCUT2D eigenvalue weighted by Crippen LogP contribution is 2.36. The van der Waals surface area contributed by atoms with Gasteiger partial charge in [-0.2, -0.15) is 0 Å². The predicted molar refractivity (Wildman–Crippen MR) is 84.8 cm³/mol. The number of rotatable bonds is 6. The van der Waals surface area contributed by atoms with Crippen LogP contribution in [0.2, 0.25) is 0 Å². The van der Waals surface area contributed by atoms with Crippen molar-refractivity contribution in [2.24, 2.45) is 11.8 Å². The average molecular weight is 317 g/mol. The Labute approximate surface area is 131 Å². The van der Waals surface area contributed by atoms with Gasteiger partial charge in [-0.15, -0.1) is 0 Å². The third-order valence-corrected chi connectivity index (χ3v) is 7.01. The lowest BCUT2D eigenvalue weighted by molar-refractivity contribution is -0.166. The summed E-state index contributed by atoms with van der Waals surface area (Å²) in [4.78, 5) is 0. The molecule has 124 valence electrons. The van der Waals surface area contributed by atoms with Crippen molar-refractivity contribution < 1.29 is 17.7 Å². The monoisotopic (exact) mass is 316 g/mol. The lowest BCUT2D eigenvalue weighted by Gasteiger charge is -2.46. The Morgan fingerprint density at radius 3 is 1.52 bits per heavy atom. The van der Waals surface area contributed by atoms with E-state index in [0.29, 0.717) is 11.8 Å². The number of hydrogen-bond donors (Lipinski definition) is 0. The van der Waals surface area contributed by atoms with Gasteiger partial charge in [0.1, 0.15) is 0 Å². The Morgan fingerprint density at radius 2 is 1.19 bits per heavy atom. The molecule has 5 heteroatoms. The highest BCUT2D eigenvalue weighted by Gasteiger charge is 2.57. The maximum atomic E-state index is 6.30. The third-order valence-electron chi connectivity index (χ3n) is 4.79. The molecular weight excluding hydrogens is 284 g/mol. The van der Waals surface area contributed by atoms with Crippen molar-refractivity contribution in [1.82, 2.24) is 0 Å². The molecule has 0 radical (unpaired) electrons. The summed E-state index contributed by atoms with van der Waals surface area (Å²) in [6.45, 7) is 10.3. The molecule has 0 saturated carbocycles. The van der Waals surface area contributed by atoms with Crippen LogP contribution in [0.25, 0.3) is 0 Å². The van der Waals surface area contributed by atoms with E-state index in [2.05, 4.69) is 27.7 Å². The van der Waals surface area contributed by atoms with Crippen molar-refractivity contribution in [3.63, 3.8) is 0 Å². The Kier molecular flexibility index (Phi) is 6.68. The third kappa shape index (κ3) is 4.08. The first-order valence-corrected chi connectivity index (χ1v) is 10.4. The van der Waals surface area contributed by atoms with Crippen molar-refractivity contribution in [2.75, 3.05) is 13.2 Å². The molecule has 0 aromatic heterocycles. The molecule has 2 rings (SSSR count). The second-order valence-electron chi connectivity index (χ2n) is 6.35. The molecule has 0 aromatic carbocycles. The number of hydrogen-bond acceptors (Lipinski definition) is 4. The van der Waals surface area contributed by atoms with Gasteiger partial charge >= 0.3 is 9.05 Å². The van der Waals surface area contributed by atoms with Gasteiger partial charge in [0.25, 0.3) is 0 Å². The Hall–Kier alpha value is 0.0569. The Balaban J connectivity index is 2.04. The minimum Gasteiger partial charge on any atom is -0.351 e. The lowest BCUT2D eigenvalue weighted by Crippen LogP contribution is -2.63. The lowest BCUT2D eigenvalue weighted by atomic mass is 9.97. The standard InChI is InChI=1S/C16H32O4Si/c1-5-9-15-13(7-3)11-17-21(19-15)18-12-14(8-4)16(20-21)10-6-2/h13-16H,5-12H2,1-4H3. The predicted octanol–water partition coefficient (Wildman–Crippen LogP) is 3.91. The maximum absolute atomic E-state index is 6.30. The first kappa shape index (κ1) is 17.4. The summed E-state index contributed by atoms with van der Waals surface area (Å²) in [5.74, 6) is 0.951. The van der Waals surface area contributed by atoms with E-state index < -0.39 is 9.05 Å². The molecule has 0 aromatic rings. The quantitative estimate of drug-likeness (QED) is 0.696. The minimum atomic E-state index is -2.89. The van der Waals surface area contributed by atoms with E-state index >= 15 is 0 Å². The van der Waals surface area contributed by atoms with Gasteiger partial charge in [-0.05, 0) is 25.7 Å². The van der Waals surface area contributed by atoms with E-state index in [-0.39, 0.29) is 12.2 Å². The molecule has 4 unspecified atom stereocenters. The van der Waals surface area contributed by atoms with Crippen molar-refractivity contribution in [1.29, 1.82) is 0 Å². The van der Waals surface area contributed by atoms with E-state index in [1.165, 1.54) is 0 Å². The highest BCUT2D eigenvalue weighted by molar-refractivity contribution is 6.54. The van der Waals surface area contributed by atoms with E-state index in [0.717, 1.165) is 51.7 Å². The molecule has 0 amide bonds. The van der Waals surface area contributed by atoms with Crippen LogP contribution in [-0.2, 0) is 17.7 Å². The van der Waals surface area contributed by atoms with Crippen LogP contribution in [-0.4, -0.2) is 34.5 Å². The zero-order valence-electron chi connectivity index (χ0n) is 14.1. The van der Waals surface area contributed by atoms with Crippen LogP contribution in [0.15, 0.2) is 0 Å². The molecule has 2 heterocycles. The van der Waals surface area contributed by atoms with Crippen LogP contribution in [0.4, 0.5) is 0 Å². The smallest absolute Gasteiger partial charge is 0.351 e. The molecule has 2 aliphatic heterocycles. The van der Waals surface area contributed by atoms with Crippen LogP contribution >= 0.6 is 0 Å². The van der Waals surface area contributed by atoms with Crippen LogP contribution in [0.3, 0.4) is 0 Å². The molecule has 0 bridgehead atoms. The van der Waals surface area contributed by atoms with E-state index in [9.17, 15) is 0 Å². The summed E-state index contributed by atoms with van der Waals surface area (Å²) < 4.78 is 24.7. The second-order valence-corrected chi connectivity index (χ2v) is 8.40. The largest absolute Gasteiger partial charge is 0.680 e. The Bertz CT molecular complexity index is 283. The first-order chi connectivity index (χ1) is 10.2. The normalized spacial score (nSPS) is 40.6. The van der Waals surface area contributed by atoms with E-state index in [1.54, 1.807) is 0 Å². The van der Waals surface area contributed by atoms with Gasteiger partial charge in [0.2, 0.25) is 0 Å². The fourth-order valence-corrected chi connectivity index (χ4v) is 5.93. The summed E-state index contributed by atoms with van der Waals surface area (Å²) >= 11 is 0. The minimum absolute atomic E-state index is 0.237. The summed E-state index contributed by atoms with van der Waals surface area (Å²) in [5, 5.41) is 0. The van der Waals surface area contributed by atoms with Crippen LogP contribution in [0, 0.1) is 11.8 Å². The first-order valence-electron chi connectivity index (χ1n) is 8.81. The summed E-state index contributed by atoms with van der Waals surface area (Å²) in [5.41, 5.74) is 0. The summed E-state index contributed by atoms with van der Waals surface area (Å²) in [6, 6.07) is 0. The highest BCUT2D eigenvalue weighted by atomic mass is 28.4. The van der Waals surface area contributed by atoms with Crippen LogP contribution in [0.5, 0.6) is 0 Å². The molecule has 0 N–H and O–H groups in total. The summed E-state index contributed by atoms with van der Waals surface area (Å²) in [6.07, 6.45) is 7.04. The van der Waals surface area contributed by atoms with Crippen molar-refractivity contribution in [3.8, 4) is 0 Å². The molecule has 4 nitrogen and oxygen atoms in total. The van der Waals surface area contributed by atoms with Gasteiger partial charge < -0.3 is 17.7 Å². The van der Waals surface area contributed by atoms with Gasteiger partial charge in [-0.1, -0.05) is 40.5 Å². The molecule has 2 saturated heterocycles. The fourth-order valence-electron chi connectivity index (χ4n) is 3.32. The average Bonchev–Trinajstić information content (AvgIpc) is 2.49. The van der Waals surface area contributed by atoms with Gasteiger partial charge in [0.05, 0.1) is 12.2 Å². The van der Waals surface area contributed by atoms with Gasteiger partial charge in [0.15, 0.2) is 0 Å². The van der Waals surface area contributed by atoms with Gasteiger partial charge in [-0.3, -0.25) is 0 Å². The SMILES string of the molecule is CCCC1O[Si]2(OCC1CC)OCC(CC)C(CCC)O2. The maximum Gasteiger partial charge on any atom is 0.680 e. The van der Waals surface area contributed by atoms with Crippen molar-refractivity contribution >= 4 is 9.05 Å². The van der Waals surface area contributed by atoms with Crippen LogP contribution in [0.1, 0.15) is 66.2 Å². The zero-order chi connectivity index (χ0) is 15.3. The van der Waals surface area contributed by atoms with Crippen LogP contribution < -0.4 is 0 Å². The topological polar surface area (TPSA) is 36.9 Å². The van der Waals surface area contributed by atoms with Gasteiger partial charge in [-0.25, -0.2) is 0 Å². The molecule has 2 aliphatic rings. The van der Waals surface area contributed by atoms with Gasteiger partial charge in [0, 0.05) is 25.0 Å². The van der Waals surface area contributed by atoms with E-state index in [1.807, 2.05) is 0 Å². The molecular formula is C16H32O4Si. The molecule has 4 atom stereocenters. The molecule has 1 spiro atoms. The molecule has 21 heavy (non-hydrogen) atoms. The van der Waals surface area contributed by atoms with Crippen molar-refractivity contribution in [2.45, 2.75) is 78.4 Å². The van der Waals surface area contributed by atoms with Crippen molar-refractivity contribution in [3.05, 3.63) is 0 Å².